The smallest absolute Gasteiger partial charge is 0.233 e. The molecule has 16 heavy (non-hydrogen) atoms. The Balaban J connectivity index is 1.97. The largest absolute Gasteiger partial charge is 0.476 e. The Hall–Kier alpha value is -0.920. The van der Waals surface area contributed by atoms with Gasteiger partial charge in [0.1, 0.15) is 10.8 Å². The van der Waals surface area contributed by atoms with E-state index < -0.39 is 0 Å². The lowest BCUT2D eigenvalue weighted by Crippen LogP contribution is -2.14. The minimum Gasteiger partial charge on any atom is -0.476 e. The highest BCUT2D eigenvalue weighted by Gasteiger charge is 2.17. The number of nitrogens with one attached hydrogen (secondary N) is 1. The van der Waals surface area contributed by atoms with Gasteiger partial charge >= 0.3 is 0 Å². The molecule has 1 aromatic heterocycles. The molecule has 0 amide bonds. The summed E-state index contributed by atoms with van der Waals surface area (Å²) in [5.74, 6) is 6.74. The molecule has 0 spiro atoms. The van der Waals surface area contributed by atoms with Gasteiger partial charge in [-0.15, -0.1) is 0 Å². The molecular formula is C9H13BrN4O2. The van der Waals surface area contributed by atoms with Gasteiger partial charge in [0.05, 0.1) is 13.2 Å². The van der Waals surface area contributed by atoms with Gasteiger partial charge in [0.25, 0.3) is 0 Å². The van der Waals surface area contributed by atoms with Crippen LogP contribution < -0.4 is 16.0 Å². The molecule has 0 saturated carbocycles. The fourth-order valence-corrected chi connectivity index (χ4v) is 1.90. The summed E-state index contributed by atoms with van der Waals surface area (Å²) in [6.45, 7) is 2.17. The minimum atomic E-state index is 0.441. The second kappa shape index (κ2) is 5.42. The molecule has 0 radical (unpaired) electrons. The van der Waals surface area contributed by atoms with E-state index in [0.29, 0.717) is 28.7 Å². The van der Waals surface area contributed by atoms with Gasteiger partial charge < -0.3 is 14.9 Å². The number of nitrogens with two attached hydrogens (primary N) is 1. The summed E-state index contributed by atoms with van der Waals surface area (Å²) in [4.78, 5) is 7.97. The zero-order valence-corrected chi connectivity index (χ0v) is 10.2. The van der Waals surface area contributed by atoms with E-state index in [1.54, 1.807) is 0 Å². The summed E-state index contributed by atoms with van der Waals surface area (Å²) in [6.07, 6.45) is 2.44. The van der Waals surface area contributed by atoms with E-state index in [0.717, 1.165) is 19.6 Å². The molecule has 0 bridgehead atoms. The van der Waals surface area contributed by atoms with Crippen molar-refractivity contribution in [2.75, 3.05) is 25.2 Å². The zero-order chi connectivity index (χ0) is 11.4. The monoisotopic (exact) mass is 288 g/mol. The predicted molar refractivity (Wildman–Crippen MR) is 62.0 cm³/mol. The lowest BCUT2D eigenvalue weighted by atomic mass is 10.1. The van der Waals surface area contributed by atoms with Crippen molar-refractivity contribution in [1.29, 1.82) is 0 Å². The number of aromatic nitrogens is 2. The average Bonchev–Trinajstić information content (AvgIpc) is 2.81. The van der Waals surface area contributed by atoms with Crippen LogP contribution in [-0.4, -0.2) is 29.8 Å². The summed E-state index contributed by atoms with van der Waals surface area (Å²) in [5.41, 5.74) is 2.46. The van der Waals surface area contributed by atoms with Crippen LogP contribution in [0.15, 0.2) is 10.8 Å². The number of nitrogens with zero attached hydrogens (tertiary/aromatic N) is 2. The number of hydrogen-bond acceptors (Lipinski definition) is 6. The minimum absolute atomic E-state index is 0.441. The third kappa shape index (κ3) is 2.60. The maximum Gasteiger partial charge on any atom is 0.233 e. The molecule has 0 aliphatic carbocycles. The van der Waals surface area contributed by atoms with Crippen molar-refractivity contribution < 1.29 is 9.47 Å². The van der Waals surface area contributed by atoms with Gasteiger partial charge in [-0.3, -0.25) is 0 Å². The van der Waals surface area contributed by atoms with Gasteiger partial charge in [0, 0.05) is 12.5 Å². The number of rotatable bonds is 4. The van der Waals surface area contributed by atoms with Crippen LogP contribution >= 0.6 is 15.9 Å². The number of hydrogen-bond donors (Lipinski definition) is 2. The summed E-state index contributed by atoms with van der Waals surface area (Å²) < 4.78 is 11.5. The molecule has 1 aliphatic heterocycles. The third-order valence-corrected chi connectivity index (χ3v) is 3.09. The first-order valence-electron chi connectivity index (χ1n) is 4.99. The lowest BCUT2D eigenvalue weighted by molar-refractivity contribution is 0.165. The molecule has 6 nitrogen and oxygen atoms in total. The molecule has 1 aliphatic rings. The molecule has 1 atom stereocenters. The van der Waals surface area contributed by atoms with Crippen LogP contribution in [0.3, 0.4) is 0 Å². The lowest BCUT2D eigenvalue weighted by Gasteiger charge is -2.11. The molecule has 1 aromatic rings. The number of anilines is 1. The fourth-order valence-electron chi connectivity index (χ4n) is 1.47. The predicted octanol–water partition coefficient (Wildman–Crippen LogP) is 0.940. The van der Waals surface area contributed by atoms with Crippen LogP contribution in [0.2, 0.25) is 0 Å². The van der Waals surface area contributed by atoms with Crippen LogP contribution in [0.4, 0.5) is 5.82 Å². The van der Waals surface area contributed by atoms with Gasteiger partial charge in [0.15, 0.2) is 5.82 Å². The first-order valence-corrected chi connectivity index (χ1v) is 5.78. The summed E-state index contributed by atoms with van der Waals surface area (Å²) in [7, 11) is 0. The average molecular weight is 289 g/mol. The van der Waals surface area contributed by atoms with E-state index >= 15 is 0 Å². The molecule has 1 unspecified atom stereocenters. The van der Waals surface area contributed by atoms with E-state index in [1.165, 1.54) is 6.33 Å². The Morgan fingerprint density at radius 2 is 2.50 bits per heavy atom. The first kappa shape index (κ1) is 11.6. The van der Waals surface area contributed by atoms with Crippen molar-refractivity contribution in [2.45, 2.75) is 6.42 Å². The van der Waals surface area contributed by atoms with Gasteiger partial charge in [-0.05, 0) is 22.4 Å². The van der Waals surface area contributed by atoms with Crippen LogP contribution in [0.5, 0.6) is 5.88 Å². The summed E-state index contributed by atoms with van der Waals surface area (Å²) in [6, 6.07) is 0. The molecule has 88 valence electrons. The van der Waals surface area contributed by atoms with E-state index in [4.69, 9.17) is 15.3 Å². The second-order valence-corrected chi connectivity index (χ2v) is 4.32. The third-order valence-electron chi connectivity index (χ3n) is 2.37. The Morgan fingerprint density at radius 1 is 1.62 bits per heavy atom. The maximum absolute atomic E-state index is 5.59. The molecule has 1 fully saturated rings. The van der Waals surface area contributed by atoms with Crippen molar-refractivity contribution in [1.82, 2.24) is 9.97 Å². The number of hydrazine groups is 1. The van der Waals surface area contributed by atoms with Gasteiger partial charge in [0.2, 0.25) is 5.88 Å². The normalized spacial score (nSPS) is 19.8. The Kier molecular flexibility index (Phi) is 3.92. The maximum atomic E-state index is 5.59. The second-order valence-electron chi connectivity index (χ2n) is 3.53. The molecule has 1 saturated heterocycles. The molecule has 3 N–H and O–H groups in total. The van der Waals surface area contributed by atoms with Crippen molar-refractivity contribution in [3.8, 4) is 5.88 Å². The first-order chi connectivity index (χ1) is 7.81. The highest BCUT2D eigenvalue weighted by atomic mass is 79.9. The van der Waals surface area contributed by atoms with Crippen LogP contribution in [0, 0.1) is 5.92 Å². The fraction of sp³-hybridized carbons (Fsp3) is 0.556. The van der Waals surface area contributed by atoms with Gasteiger partial charge in [-0.25, -0.2) is 15.8 Å². The van der Waals surface area contributed by atoms with Crippen molar-refractivity contribution in [3.05, 3.63) is 10.8 Å². The topological polar surface area (TPSA) is 82.3 Å². The summed E-state index contributed by atoms with van der Waals surface area (Å²) >= 11 is 3.33. The number of nitrogen functional groups attached to an aromatic ring is 1. The molecular weight excluding hydrogens is 276 g/mol. The molecule has 0 aromatic carbocycles. The molecule has 7 heteroatoms. The van der Waals surface area contributed by atoms with E-state index in [1.807, 2.05) is 0 Å². The SMILES string of the molecule is NNc1ncnc(OCC2CCOC2)c1Br. The standard InChI is InChI=1S/C9H13BrN4O2/c10-7-8(14-11)12-5-13-9(7)16-4-6-1-2-15-3-6/h5-6H,1-4,11H2,(H,12,13,14). The van der Waals surface area contributed by atoms with Crippen LogP contribution in [0.1, 0.15) is 6.42 Å². The molecule has 2 heterocycles. The highest BCUT2D eigenvalue weighted by molar-refractivity contribution is 9.10. The van der Waals surface area contributed by atoms with Crippen molar-refractivity contribution >= 4 is 21.7 Å². The van der Waals surface area contributed by atoms with Crippen molar-refractivity contribution in [3.63, 3.8) is 0 Å². The Morgan fingerprint density at radius 3 is 3.19 bits per heavy atom. The Bertz CT molecular complexity index is 357. The highest BCUT2D eigenvalue weighted by Crippen LogP contribution is 2.28. The number of halogens is 1. The summed E-state index contributed by atoms with van der Waals surface area (Å²) in [5, 5.41) is 0. The zero-order valence-electron chi connectivity index (χ0n) is 8.65. The quantitative estimate of drug-likeness (QED) is 0.634. The van der Waals surface area contributed by atoms with E-state index in [2.05, 4.69) is 31.3 Å². The van der Waals surface area contributed by atoms with Crippen LogP contribution in [-0.2, 0) is 4.74 Å². The van der Waals surface area contributed by atoms with E-state index in [-0.39, 0.29) is 0 Å². The Labute approximate surface area is 102 Å². The van der Waals surface area contributed by atoms with Crippen LogP contribution in [0.25, 0.3) is 0 Å². The number of ether oxygens (including phenoxy) is 2. The van der Waals surface area contributed by atoms with E-state index in [9.17, 15) is 0 Å². The van der Waals surface area contributed by atoms with Crippen molar-refractivity contribution in [2.24, 2.45) is 11.8 Å². The van der Waals surface area contributed by atoms with Gasteiger partial charge in [-0.2, -0.15) is 0 Å². The van der Waals surface area contributed by atoms with Gasteiger partial charge in [-0.1, -0.05) is 0 Å². The molecule has 2 rings (SSSR count).